The van der Waals surface area contributed by atoms with Crippen LogP contribution in [0.3, 0.4) is 0 Å². The standard InChI is InChI=1S/C21H28ClN7/c1-14-19(22)17-13-25-21(27-20(17)29(14)15-4-2-3-5-15)26-18-7-6-16(12-24-18)28-10-8-23-9-11-28/h6-7,12-15,19,23H,2-5,8-11H2,1H3,(H,24,25,26,27). The van der Waals surface area contributed by atoms with E-state index in [2.05, 4.69) is 43.4 Å². The number of aromatic nitrogens is 3. The highest BCUT2D eigenvalue weighted by Crippen LogP contribution is 2.45. The van der Waals surface area contributed by atoms with Crippen molar-refractivity contribution in [2.75, 3.05) is 41.3 Å². The van der Waals surface area contributed by atoms with Crippen molar-refractivity contribution in [1.82, 2.24) is 20.3 Å². The summed E-state index contributed by atoms with van der Waals surface area (Å²) < 4.78 is 0. The summed E-state index contributed by atoms with van der Waals surface area (Å²) in [5.74, 6) is 2.32. The first kappa shape index (κ1) is 18.9. The Morgan fingerprint density at radius 2 is 1.90 bits per heavy atom. The first-order valence-corrected chi connectivity index (χ1v) is 11.1. The third-order valence-electron chi connectivity index (χ3n) is 6.39. The quantitative estimate of drug-likeness (QED) is 0.744. The second-order valence-corrected chi connectivity index (χ2v) is 8.69. The molecule has 0 bridgehead atoms. The van der Waals surface area contributed by atoms with Crippen LogP contribution in [0.25, 0.3) is 0 Å². The molecule has 8 heteroatoms. The molecule has 2 atom stereocenters. The van der Waals surface area contributed by atoms with E-state index in [-0.39, 0.29) is 11.4 Å². The van der Waals surface area contributed by atoms with Crippen LogP contribution >= 0.6 is 11.6 Å². The van der Waals surface area contributed by atoms with E-state index in [0.717, 1.165) is 49.1 Å². The summed E-state index contributed by atoms with van der Waals surface area (Å²) in [5.41, 5.74) is 2.19. The SMILES string of the molecule is CC1C(Cl)c2cnc(Nc3ccc(N4CCNCC4)cn3)nc2N1C1CCCC1. The molecule has 2 aliphatic heterocycles. The first-order valence-electron chi connectivity index (χ1n) is 10.7. The molecule has 2 aromatic rings. The van der Waals surface area contributed by atoms with Crippen molar-refractivity contribution in [2.24, 2.45) is 0 Å². The molecule has 1 saturated carbocycles. The summed E-state index contributed by atoms with van der Waals surface area (Å²) in [5, 5.41) is 6.59. The van der Waals surface area contributed by atoms with Crippen molar-refractivity contribution in [3.05, 3.63) is 30.1 Å². The third-order valence-corrected chi connectivity index (χ3v) is 6.99. The van der Waals surface area contributed by atoms with Crippen LogP contribution in [-0.2, 0) is 0 Å². The summed E-state index contributed by atoms with van der Waals surface area (Å²) in [6, 6.07) is 4.88. The molecule has 0 aromatic carbocycles. The van der Waals surface area contributed by atoms with Crippen molar-refractivity contribution < 1.29 is 0 Å². The van der Waals surface area contributed by atoms with Crippen LogP contribution in [0.15, 0.2) is 24.5 Å². The lowest BCUT2D eigenvalue weighted by Crippen LogP contribution is -2.43. The summed E-state index contributed by atoms with van der Waals surface area (Å²) >= 11 is 6.71. The molecule has 0 radical (unpaired) electrons. The monoisotopic (exact) mass is 413 g/mol. The Hall–Kier alpha value is -2.12. The molecule has 4 heterocycles. The lowest BCUT2D eigenvalue weighted by Gasteiger charge is -2.31. The Kier molecular flexibility index (Phi) is 5.18. The fourth-order valence-corrected chi connectivity index (χ4v) is 5.09. The first-order chi connectivity index (χ1) is 14.2. The van der Waals surface area contributed by atoms with E-state index in [1.54, 1.807) is 0 Å². The molecule has 0 amide bonds. The van der Waals surface area contributed by atoms with Gasteiger partial charge < -0.3 is 20.4 Å². The van der Waals surface area contributed by atoms with Gasteiger partial charge in [0.25, 0.3) is 0 Å². The van der Waals surface area contributed by atoms with Gasteiger partial charge in [-0.15, -0.1) is 11.6 Å². The molecular weight excluding hydrogens is 386 g/mol. The Morgan fingerprint density at radius 3 is 2.62 bits per heavy atom. The van der Waals surface area contributed by atoms with E-state index < -0.39 is 0 Å². The number of hydrogen-bond donors (Lipinski definition) is 2. The summed E-state index contributed by atoms with van der Waals surface area (Å²) in [4.78, 5) is 18.7. The highest BCUT2D eigenvalue weighted by Gasteiger charge is 2.40. The average molecular weight is 414 g/mol. The van der Waals surface area contributed by atoms with Gasteiger partial charge in [-0.05, 0) is 31.9 Å². The Labute approximate surface area is 176 Å². The minimum Gasteiger partial charge on any atom is -0.368 e. The number of anilines is 4. The molecular formula is C21H28ClN7. The van der Waals surface area contributed by atoms with Crippen molar-refractivity contribution in [2.45, 2.75) is 50.1 Å². The van der Waals surface area contributed by atoms with Gasteiger partial charge in [0.1, 0.15) is 11.6 Å². The van der Waals surface area contributed by atoms with Gasteiger partial charge in [0, 0.05) is 50.0 Å². The zero-order valence-corrected chi connectivity index (χ0v) is 17.6. The van der Waals surface area contributed by atoms with E-state index in [4.69, 9.17) is 16.6 Å². The van der Waals surface area contributed by atoms with E-state index >= 15 is 0 Å². The van der Waals surface area contributed by atoms with Crippen molar-refractivity contribution in [3.8, 4) is 0 Å². The minimum atomic E-state index is -0.0592. The topological polar surface area (TPSA) is 69.2 Å². The molecule has 1 aliphatic carbocycles. The number of nitrogens with zero attached hydrogens (tertiary/aromatic N) is 5. The smallest absolute Gasteiger partial charge is 0.230 e. The predicted molar refractivity (Wildman–Crippen MR) is 117 cm³/mol. The molecule has 154 valence electrons. The highest BCUT2D eigenvalue weighted by molar-refractivity contribution is 6.22. The summed E-state index contributed by atoms with van der Waals surface area (Å²) in [7, 11) is 0. The van der Waals surface area contributed by atoms with Crippen LogP contribution in [0.4, 0.5) is 23.3 Å². The van der Waals surface area contributed by atoms with Gasteiger partial charge in [-0.3, -0.25) is 0 Å². The maximum absolute atomic E-state index is 6.71. The van der Waals surface area contributed by atoms with Gasteiger partial charge in [0.05, 0.1) is 17.3 Å². The van der Waals surface area contributed by atoms with E-state index in [1.165, 1.54) is 25.7 Å². The van der Waals surface area contributed by atoms with Crippen LogP contribution in [0.5, 0.6) is 0 Å². The number of nitrogens with one attached hydrogen (secondary N) is 2. The molecule has 2 N–H and O–H groups in total. The van der Waals surface area contributed by atoms with Crippen LogP contribution < -0.4 is 20.4 Å². The number of hydrogen-bond acceptors (Lipinski definition) is 7. The van der Waals surface area contributed by atoms with Gasteiger partial charge in [-0.2, -0.15) is 4.98 Å². The zero-order chi connectivity index (χ0) is 19.8. The largest absolute Gasteiger partial charge is 0.368 e. The Morgan fingerprint density at radius 1 is 1.10 bits per heavy atom. The Balaban J connectivity index is 1.35. The van der Waals surface area contributed by atoms with Gasteiger partial charge in [0.15, 0.2) is 0 Å². The lowest BCUT2D eigenvalue weighted by molar-refractivity contribution is 0.544. The average Bonchev–Trinajstić information content (AvgIpc) is 3.36. The number of piperazine rings is 1. The predicted octanol–water partition coefficient (Wildman–Crippen LogP) is 3.46. The maximum atomic E-state index is 6.71. The fraction of sp³-hybridized carbons (Fsp3) is 0.571. The lowest BCUT2D eigenvalue weighted by atomic mass is 10.1. The van der Waals surface area contributed by atoms with Crippen molar-refractivity contribution >= 4 is 34.9 Å². The number of alkyl halides is 1. The van der Waals surface area contributed by atoms with Crippen LogP contribution in [0.1, 0.15) is 43.5 Å². The number of rotatable bonds is 4. The molecule has 2 fully saturated rings. The summed E-state index contributed by atoms with van der Waals surface area (Å²) in [6.07, 6.45) is 8.81. The molecule has 0 spiro atoms. The Bertz CT molecular complexity index is 845. The van der Waals surface area contributed by atoms with Crippen LogP contribution in [-0.4, -0.2) is 53.2 Å². The fourth-order valence-electron chi connectivity index (χ4n) is 4.81. The number of fused-ring (bicyclic) bond motifs is 1. The molecule has 1 saturated heterocycles. The van der Waals surface area contributed by atoms with Gasteiger partial charge in [-0.25, -0.2) is 9.97 Å². The number of pyridine rings is 1. The third kappa shape index (κ3) is 3.62. The molecule has 7 nitrogen and oxygen atoms in total. The zero-order valence-electron chi connectivity index (χ0n) is 16.8. The molecule has 3 aliphatic rings. The summed E-state index contributed by atoms with van der Waals surface area (Å²) in [6.45, 7) is 6.25. The van der Waals surface area contributed by atoms with E-state index in [1.807, 2.05) is 18.5 Å². The molecule has 29 heavy (non-hydrogen) atoms. The number of halogens is 1. The molecule has 5 rings (SSSR count). The normalized spacial score (nSPS) is 24.8. The second kappa shape index (κ2) is 7.95. The van der Waals surface area contributed by atoms with E-state index in [9.17, 15) is 0 Å². The van der Waals surface area contributed by atoms with Gasteiger partial charge in [0.2, 0.25) is 5.95 Å². The van der Waals surface area contributed by atoms with E-state index in [0.29, 0.717) is 12.0 Å². The van der Waals surface area contributed by atoms with Crippen molar-refractivity contribution in [3.63, 3.8) is 0 Å². The molecule has 2 unspecified atom stereocenters. The molecule has 2 aromatic heterocycles. The van der Waals surface area contributed by atoms with Gasteiger partial charge >= 0.3 is 0 Å². The van der Waals surface area contributed by atoms with Crippen LogP contribution in [0.2, 0.25) is 0 Å². The highest BCUT2D eigenvalue weighted by atomic mass is 35.5. The maximum Gasteiger partial charge on any atom is 0.230 e. The van der Waals surface area contributed by atoms with Gasteiger partial charge in [-0.1, -0.05) is 12.8 Å². The second-order valence-electron chi connectivity index (χ2n) is 8.22. The van der Waals surface area contributed by atoms with Crippen LogP contribution in [0, 0.1) is 0 Å². The van der Waals surface area contributed by atoms with Crippen molar-refractivity contribution in [1.29, 1.82) is 0 Å². The minimum absolute atomic E-state index is 0.0592.